The normalized spacial score (nSPS) is 10.0. The second-order valence-corrected chi connectivity index (χ2v) is 5.25. The first-order valence-electron chi connectivity index (χ1n) is 8.12. The van der Waals surface area contributed by atoms with E-state index in [2.05, 4.69) is 10.3 Å². The summed E-state index contributed by atoms with van der Waals surface area (Å²) in [7, 11) is 0. The number of rotatable bonds is 7. The summed E-state index contributed by atoms with van der Waals surface area (Å²) in [6, 6.07) is 11.6. The van der Waals surface area contributed by atoms with E-state index < -0.39 is 11.9 Å². The first-order chi connectivity index (χ1) is 12.1. The summed E-state index contributed by atoms with van der Waals surface area (Å²) in [5, 5.41) is 3.02. The van der Waals surface area contributed by atoms with E-state index in [1.807, 2.05) is 43.3 Å². The van der Waals surface area contributed by atoms with Crippen LogP contribution in [-0.2, 0) is 19.1 Å². The van der Waals surface area contributed by atoms with Crippen LogP contribution in [0.4, 0.5) is 5.69 Å². The Kier molecular flexibility index (Phi) is 6.39. The fourth-order valence-electron chi connectivity index (χ4n) is 2.30. The monoisotopic (exact) mass is 342 g/mol. The molecule has 0 spiro atoms. The van der Waals surface area contributed by atoms with Crippen LogP contribution in [0.15, 0.2) is 48.2 Å². The molecule has 25 heavy (non-hydrogen) atoms. The smallest absolute Gasteiger partial charge is 0.347 e. The van der Waals surface area contributed by atoms with E-state index in [1.54, 1.807) is 13.8 Å². The number of carbonyl (C=O) groups excluding carboxylic acids is 2. The SMILES string of the molecule is CCOC(=O)C(=CNc1cc(C)[nH]c1-c1ccccc1)C(=O)OCC. The van der Waals surface area contributed by atoms with E-state index in [0.29, 0.717) is 0 Å². The van der Waals surface area contributed by atoms with Gasteiger partial charge in [-0.2, -0.15) is 0 Å². The van der Waals surface area contributed by atoms with Gasteiger partial charge in [-0.1, -0.05) is 30.3 Å². The van der Waals surface area contributed by atoms with Gasteiger partial charge in [0.1, 0.15) is 0 Å². The van der Waals surface area contributed by atoms with Crippen LogP contribution in [0.1, 0.15) is 19.5 Å². The van der Waals surface area contributed by atoms with Crippen molar-refractivity contribution in [3.05, 3.63) is 53.9 Å². The predicted molar refractivity (Wildman–Crippen MR) is 95.9 cm³/mol. The molecular formula is C19H22N2O4. The Morgan fingerprint density at radius 2 is 1.68 bits per heavy atom. The molecule has 2 N–H and O–H groups in total. The minimum atomic E-state index is -0.720. The summed E-state index contributed by atoms with van der Waals surface area (Å²) in [4.78, 5) is 27.3. The number of H-pyrrole nitrogens is 1. The van der Waals surface area contributed by atoms with Gasteiger partial charge in [-0.15, -0.1) is 0 Å². The Bertz CT molecular complexity index is 743. The van der Waals surface area contributed by atoms with Gasteiger partial charge in [0.2, 0.25) is 0 Å². The zero-order valence-electron chi connectivity index (χ0n) is 14.6. The van der Waals surface area contributed by atoms with Crippen LogP contribution in [0, 0.1) is 6.92 Å². The molecule has 0 saturated heterocycles. The number of aromatic nitrogens is 1. The number of carbonyl (C=O) groups is 2. The third-order valence-corrected chi connectivity index (χ3v) is 3.38. The molecule has 0 radical (unpaired) electrons. The molecule has 0 saturated carbocycles. The summed E-state index contributed by atoms with van der Waals surface area (Å²) in [5.74, 6) is -1.44. The Balaban J connectivity index is 2.31. The predicted octanol–water partition coefficient (Wildman–Crippen LogP) is 3.41. The van der Waals surface area contributed by atoms with Crippen molar-refractivity contribution in [2.75, 3.05) is 18.5 Å². The van der Waals surface area contributed by atoms with E-state index in [0.717, 1.165) is 22.6 Å². The zero-order chi connectivity index (χ0) is 18.2. The molecule has 0 bridgehead atoms. The van der Waals surface area contributed by atoms with Crippen molar-refractivity contribution in [2.24, 2.45) is 0 Å². The third-order valence-electron chi connectivity index (χ3n) is 3.38. The quantitative estimate of drug-likeness (QED) is 0.349. The van der Waals surface area contributed by atoms with E-state index >= 15 is 0 Å². The van der Waals surface area contributed by atoms with Crippen molar-refractivity contribution in [1.82, 2.24) is 4.98 Å². The van der Waals surface area contributed by atoms with Crippen LogP contribution in [0.25, 0.3) is 11.3 Å². The standard InChI is InChI=1S/C19H22N2O4/c1-4-24-18(22)15(19(23)25-5-2)12-20-16-11-13(3)21-17(16)14-9-7-6-8-10-14/h6-12,20-21H,4-5H2,1-3H3. The molecule has 132 valence electrons. The molecule has 0 aliphatic heterocycles. The van der Waals surface area contributed by atoms with Crippen LogP contribution >= 0.6 is 0 Å². The number of aromatic amines is 1. The van der Waals surface area contributed by atoms with E-state index in [9.17, 15) is 9.59 Å². The molecule has 1 aromatic heterocycles. The summed E-state index contributed by atoms with van der Waals surface area (Å²) < 4.78 is 9.85. The van der Waals surface area contributed by atoms with Crippen LogP contribution < -0.4 is 5.32 Å². The van der Waals surface area contributed by atoms with Gasteiger partial charge in [0, 0.05) is 17.5 Å². The maximum absolute atomic E-state index is 12.0. The largest absolute Gasteiger partial charge is 0.462 e. The van der Waals surface area contributed by atoms with E-state index in [1.165, 1.54) is 6.20 Å². The van der Waals surface area contributed by atoms with Crippen LogP contribution in [0.2, 0.25) is 0 Å². The molecule has 0 unspecified atom stereocenters. The van der Waals surface area contributed by atoms with E-state index in [4.69, 9.17) is 9.47 Å². The molecule has 0 amide bonds. The van der Waals surface area contributed by atoms with Crippen LogP contribution in [0.5, 0.6) is 0 Å². The van der Waals surface area contributed by atoms with Crippen molar-refractivity contribution < 1.29 is 19.1 Å². The highest BCUT2D eigenvalue weighted by molar-refractivity contribution is 6.14. The average Bonchev–Trinajstić information content (AvgIpc) is 2.97. The maximum atomic E-state index is 12.0. The van der Waals surface area contributed by atoms with Gasteiger partial charge in [0.05, 0.1) is 24.6 Å². The van der Waals surface area contributed by atoms with Gasteiger partial charge < -0.3 is 19.8 Å². The zero-order valence-corrected chi connectivity index (χ0v) is 14.6. The second-order valence-electron chi connectivity index (χ2n) is 5.25. The lowest BCUT2D eigenvalue weighted by Crippen LogP contribution is -2.19. The van der Waals surface area contributed by atoms with Gasteiger partial charge >= 0.3 is 11.9 Å². The second kappa shape index (κ2) is 8.73. The molecular weight excluding hydrogens is 320 g/mol. The molecule has 0 atom stereocenters. The van der Waals surface area contributed by atoms with Crippen molar-refractivity contribution in [3.63, 3.8) is 0 Å². The minimum absolute atomic E-state index is 0.175. The first-order valence-corrected chi connectivity index (χ1v) is 8.12. The fraction of sp³-hybridized carbons (Fsp3) is 0.263. The fourth-order valence-corrected chi connectivity index (χ4v) is 2.30. The van der Waals surface area contributed by atoms with Gasteiger partial charge in [-0.3, -0.25) is 0 Å². The van der Waals surface area contributed by atoms with Crippen LogP contribution in [-0.4, -0.2) is 30.1 Å². The number of hydrogen-bond acceptors (Lipinski definition) is 5. The van der Waals surface area contributed by atoms with Gasteiger partial charge in [0.25, 0.3) is 0 Å². The highest BCUT2D eigenvalue weighted by Crippen LogP contribution is 2.28. The lowest BCUT2D eigenvalue weighted by Gasteiger charge is -2.08. The maximum Gasteiger partial charge on any atom is 0.347 e. The van der Waals surface area contributed by atoms with Crippen molar-refractivity contribution >= 4 is 17.6 Å². The van der Waals surface area contributed by atoms with Gasteiger partial charge in [-0.25, -0.2) is 9.59 Å². The van der Waals surface area contributed by atoms with Gasteiger partial charge in [-0.05, 0) is 26.8 Å². The van der Waals surface area contributed by atoms with Crippen molar-refractivity contribution in [2.45, 2.75) is 20.8 Å². The number of esters is 2. The number of ether oxygens (including phenoxy) is 2. The summed E-state index contributed by atoms with van der Waals surface area (Å²) in [6.07, 6.45) is 1.32. The summed E-state index contributed by atoms with van der Waals surface area (Å²) in [5.41, 5.74) is 3.36. The van der Waals surface area contributed by atoms with Crippen molar-refractivity contribution in [1.29, 1.82) is 0 Å². The Labute approximate surface area is 146 Å². The molecule has 6 heteroatoms. The van der Waals surface area contributed by atoms with Crippen molar-refractivity contribution in [3.8, 4) is 11.3 Å². The van der Waals surface area contributed by atoms with E-state index in [-0.39, 0.29) is 18.8 Å². The Morgan fingerprint density at radius 3 is 2.24 bits per heavy atom. The van der Waals surface area contributed by atoms with Crippen LogP contribution in [0.3, 0.4) is 0 Å². The molecule has 2 rings (SSSR count). The first kappa shape index (κ1) is 18.3. The average molecular weight is 342 g/mol. The number of benzene rings is 1. The highest BCUT2D eigenvalue weighted by atomic mass is 16.6. The third kappa shape index (κ3) is 4.73. The lowest BCUT2D eigenvalue weighted by molar-refractivity contribution is -0.146. The Hall–Kier alpha value is -3.02. The number of hydrogen-bond donors (Lipinski definition) is 2. The minimum Gasteiger partial charge on any atom is -0.462 e. The number of anilines is 1. The molecule has 1 heterocycles. The topological polar surface area (TPSA) is 80.4 Å². The highest BCUT2D eigenvalue weighted by Gasteiger charge is 2.21. The number of nitrogens with one attached hydrogen (secondary N) is 2. The van der Waals surface area contributed by atoms with Gasteiger partial charge in [0.15, 0.2) is 5.57 Å². The summed E-state index contributed by atoms with van der Waals surface area (Å²) in [6.45, 7) is 5.63. The molecule has 1 aromatic carbocycles. The Morgan fingerprint density at radius 1 is 1.08 bits per heavy atom. The molecule has 0 aliphatic rings. The molecule has 0 aliphatic carbocycles. The molecule has 0 fully saturated rings. The lowest BCUT2D eigenvalue weighted by atomic mass is 10.1. The molecule has 6 nitrogen and oxygen atoms in total. The number of aryl methyl sites for hydroxylation is 1. The molecule has 2 aromatic rings. The summed E-state index contributed by atoms with van der Waals surface area (Å²) >= 11 is 0.